The molecule has 2 aromatic rings. The highest BCUT2D eigenvalue weighted by molar-refractivity contribution is 7.90. The molecule has 0 aromatic carbocycles. The minimum absolute atomic E-state index is 0.247. The summed E-state index contributed by atoms with van der Waals surface area (Å²) in [6.45, 7) is 10.5. The molecule has 0 radical (unpaired) electrons. The molecule has 0 N–H and O–H groups in total. The van der Waals surface area contributed by atoms with Crippen LogP contribution in [0.15, 0.2) is 21.6 Å². The van der Waals surface area contributed by atoms with Gasteiger partial charge in [0.2, 0.25) is 5.88 Å². The second-order valence-electron chi connectivity index (χ2n) is 8.53. The first-order valence-electron chi connectivity index (χ1n) is 10.5. The van der Waals surface area contributed by atoms with Gasteiger partial charge in [-0.3, -0.25) is 0 Å². The molecular formula is C21H32N4O4S. The molecule has 3 rings (SSSR count). The van der Waals surface area contributed by atoms with Gasteiger partial charge in [0.1, 0.15) is 0 Å². The number of rotatable bonds is 8. The summed E-state index contributed by atoms with van der Waals surface area (Å²) >= 11 is 0. The van der Waals surface area contributed by atoms with Crippen molar-refractivity contribution in [3.05, 3.63) is 23.7 Å². The minimum Gasteiger partial charge on any atom is -0.478 e. The molecular weight excluding hydrogens is 404 g/mol. The van der Waals surface area contributed by atoms with Crippen LogP contribution in [0.5, 0.6) is 5.88 Å². The predicted molar refractivity (Wildman–Crippen MR) is 115 cm³/mol. The van der Waals surface area contributed by atoms with E-state index >= 15 is 0 Å². The van der Waals surface area contributed by atoms with Crippen molar-refractivity contribution in [3.63, 3.8) is 0 Å². The number of pyridine rings is 1. The van der Waals surface area contributed by atoms with Crippen molar-refractivity contribution in [1.82, 2.24) is 15.1 Å². The molecule has 1 fully saturated rings. The summed E-state index contributed by atoms with van der Waals surface area (Å²) in [7, 11) is -3.26. The van der Waals surface area contributed by atoms with Crippen LogP contribution >= 0.6 is 0 Å². The van der Waals surface area contributed by atoms with Crippen molar-refractivity contribution in [2.75, 3.05) is 30.9 Å². The number of ether oxygens (including phenoxy) is 1. The molecule has 166 valence electrons. The third kappa shape index (κ3) is 5.50. The average Bonchev–Trinajstić information content (AvgIpc) is 3.18. The Morgan fingerprint density at radius 3 is 2.47 bits per heavy atom. The molecule has 0 spiro atoms. The zero-order valence-corrected chi connectivity index (χ0v) is 19.3. The maximum absolute atomic E-state index is 11.7. The van der Waals surface area contributed by atoms with Crippen LogP contribution in [-0.2, 0) is 9.84 Å². The first kappa shape index (κ1) is 22.5. The Morgan fingerprint density at radius 2 is 1.90 bits per heavy atom. The van der Waals surface area contributed by atoms with Crippen LogP contribution in [0.1, 0.15) is 57.5 Å². The summed E-state index contributed by atoms with van der Waals surface area (Å²) in [4.78, 5) is 11.2. The molecule has 0 amide bonds. The van der Waals surface area contributed by atoms with Gasteiger partial charge in [0.05, 0.1) is 17.2 Å². The van der Waals surface area contributed by atoms with E-state index in [0.29, 0.717) is 36.0 Å². The highest BCUT2D eigenvalue weighted by Crippen LogP contribution is 2.29. The van der Waals surface area contributed by atoms with Gasteiger partial charge >= 0.3 is 6.01 Å². The zero-order chi connectivity index (χ0) is 21.9. The molecule has 8 nitrogen and oxygen atoms in total. The standard InChI is InChI=1S/C21H32N4O4S/c1-14(2)20-23-21(29-24-20)25-11-8-17(9-12-25)15(3)10-13-28-19-7-6-18(16(4)22-19)30(5,26)27/h6-7,14-15,17H,8-13H2,1-5H3. The normalized spacial score (nSPS) is 16.8. The van der Waals surface area contributed by atoms with Crippen molar-refractivity contribution >= 4 is 15.9 Å². The molecule has 0 aliphatic carbocycles. The number of piperidine rings is 1. The summed E-state index contributed by atoms with van der Waals surface area (Å²) in [6, 6.07) is 3.82. The fourth-order valence-corrected chi connectivity index (χ4v) is 4.73. The summed E-state index contributed by atoms with van der Waals surface area (Å²) in [5, 5.41) is 4.06. The molecule has 2 aromatic heterocycles. The largest absolute Gasteiger partial charge is 0.478 e. The lowest BCUT2D eigenvalue weighted by molar-refractivity contribution is 0.216. The quantitative estimate of drug-likeness (QED) is 0.619. The average molecular weight is 437 g/mol. The molecule has 3 heterocycles. The number of nitrogens with zero attached hydrogens (tertiary/aromatic N) is 4. The maximum atomic E-state index is 11.7. The summed E-state index contributed by atoms with van der Waals surface area (Å²) < 4.78 is 34.6. The van der Waals surface area contributed by atoms with Crippen molar-refractivity contribution in [2.45, 2.75) is 57.8 Å². The lowest BCUT2D eigenvalue weighted by Gasteiger charge is -2.33. The molecule has 1 saturated heterocycles. The molecule has 0 bridgehead atoms. The maximum Gasteiger partial charge on any atom is 0.324 e. The molecule has 1 aliphatic rings. The Balaban J connectivity index is 1.45. The SMILES string of the molecule is Cc1nc(OCCC(C)C2CCN(c3nc(C(C)C)no3)CC2)ccc1S(C)(=O)=O. The minimum atomic E-state index is -3.26. The first-order chi connectivity index (χ1) is 14.1. The van der Waals surface area contributed by atoms with E-state index in [1.807, 2.05) is 0 Å². The Hall–Kier alpha value is -2.16. The van der Waals surface area contributed by atoms with E-state index in [4.69, 9.17) is 9.26 Å². The van der Waals surface area contributed by atoms with Crippen LogP contribution in [0.3, 0.4) is 0 Å². The van der Waals surface area contributed by atoms with Gasteiger partial charge in [-0.05, 0) is 44.1 Å². The Bertz CT molecular complexity index is 950. The fourth-order valence-electron chi connectivity index (χ4n) is 3.83. The van der Waals surface area contributed by atoms with E-state index in [-0.39, 0.29) is 10.8 Å². The van der Waals surface area contributed by atoms with Crippen LogP contribution in [0.25, 0.3) is 0 Å². The smallest absolute Gasteiger partial charge is 0.324 e. The molecule has 1 aliphatic heterocycles. The summed E-state index contributed by atoms with van der Waals surface area (Å²) in [5.74, 6) is 2.64. The van der Waals surface area contributed by atoms with Crippen molar-refractivity contribution in [3.8, 4) is 5.88 Å². The summed E-state index contributed by atoms with van der Waals surface area (Å²) in [6.07, 6.45) is 4.28. The van der Waals surface area contributed by atoms with Crippen molar-refractivity contribution in [1.29, 1.82) is 0 Å². The molecule has 0 saturated carbocycles. The van der Waals surface area contributed by atoms with E-state index < -0.39 is 9.84 Å². The Kier molecular flexibility index (Phi) is 7.00. The van der Waals surface area contributed by atoms with Gasteiger partial charge in [-0.1, -0.05) is 25.9 Å². The number of aryl methyl sites for hydroxylation is 1. The van der Waals surface area contributed by atoms with E-state index in [9.17, 15) is 8.42 Å². The van der Waals surface area contributed by atoms with Gasteiger partial charge in [-0.2, -0.15) is 4.98 Å². The second-order valence-corrected chi connectivity index (χ2v) is 10.5. The highest BCUT2D eigenvalue weighted by Gasteiger charge is 2.26. The highest BCUT2D eigenvalue weighted by atomic mass is 32.2. The third-order valence-electron chi connectivity index (χ3n) is 5.80. The van der Waals surface area contributed by atoms with Crippen molar-refractivity contribution < 1.29 is 17.7 Å². The topological polar surface area (TPSA) is 98.4 Å². The summed E-state index contributed by atoms with van der Waals surface area (Å²) in [5.41, 5.74) is 0.470. The van der Waals surface area contributed by atoms with Gasteiger partial charge in [0, 0.05) is 31.3 Å². The van der Waals surface area contributed by atoms with Gasteiger partial charge in [0.25, 0.3) is 0 Å². The van der Waals surface area contributed by atoms with Crippen LogP contribution < -0.4 is 9.64 Å². The number of hydrogen-bond acceptors (Lipinski definition) is 8. The van der Waals surface area contributed by atoms with E-state index in [2.05, 4.69) is 40.8 Å². The lowest BCUT2D eigenvalue weighted by Crippen LogP contribution is -2.36. The van der Waals surface area contributed by atoms with Gasteiger partial charge < -0.3 is 14.2 Å². The molecule has 30 heavy (non-hydrogen) atoms. The van der Waals surface area contributed by atoms with Crippen LogP contribution in [-0.4, -0.2) is 49.5 Å². The number of anilines is 1. The van der Waals surface area contributed by atoms with Gasteiger partial charge in [0.15, 0.2) is 15.7 Å². The number of hydrogen-bond donors (Lipinski definition) is 0. The van der Waals surface area contributed by atoms with Crippen molar-refractivity contribution in [2.24, 2.45) is 11.8 Å². The number of aromatic nitrogens is 3. The predicted octanol–water partition coefficient (Wildman–Crippen LogP) is 3.62. The van der Waals surface area contributed by atoms with E-state index in [1.54, 1.807) is 19.1 Å². The number of sulfone groups is 1. The zero-order valence-electron chi connectivity index (χ0n) is 18.5. The second kappa shape index (κ2) is 9.32. The van der Waals surface area contributed by atoms with Crippen LogP contribution in [0.2, 0.25) is 0 Å². The van der Waals surface area contributed by atoms with Crippen LogP contribution in [0.4, 0.5) is 6.01 Å². The van der Waals surface area contributed by atoms with Crippen LogP contribution in [0, 0.1) is 18.8 Å². The van der Waals surface area contributed by atoms with E-state index in [0.717, 1.165) is 38.2 Å². The molecule has 1 atom stereocenters. The third-order valence-corrected chi connectivity index (χ3v) is 7.03. The Labute approximate surface area is 178 Å². The molecule has 1 unspecified atom stereocenters. The Morgan fingerprint density at radius 1 is 1.20 bits per heavy atom. The first-order valence-corrected chi connectivity index (χ1v) is 12.4. The van der Waals surface area contributed by atoms with Gasteiger partial charge in [-0.25, -0.2) is 13.4 Å². The fraction of sp³-hybridized carbons (Fsp3) is 0.667. The monoisotopic (exact) mass is 436 g/mol. The molecule has 9 heteroatoms. The lowest BCUT2D eigenvalue weighted by atomic mass is 9.84. The van der Waals surface area contributed by atoms with Gasteiger partial charge in [-0.15, -0.1) is 0 Å². The van der Waals surface area contributed by atoms with E-state index in [1.165, 1.54) is 6.26 Å².